The number of hydrogen-bond donors (Lipinski definition) is 1. The lowest BCUT2D eigenvalue weighted by Gasteiger charge is -2.27. The molecule has 1 saturated heterocycles. The second-order valence-corrected chi connectivity index (χ2v) is 8.80. The quantitative estimate of drug-likeness (QED) is 0.316. The van der Waals surface area contributed by atoms with Crippen LogP contribution in [0.2, 0.25) is 5.02 Å². The van der Waals surface area contributed by atoms with Gasteiger partial charge in [-0.05, 0) is 41.5 Å². The summed E-state index contributed by atoms with van der Waals surface area (Å²) in [5.41, 5.74) is 2.08. The van der Waals surface area contributed by atoms with E-state index < -0.39 is 11.7 Å². The van der Waals surface area contributed by atoms with Gasteiger partial charge in [-0.2, -0.15) is 0 Å². The van der Waals surface area contributed by atoms with Crippen molar-refractivity contribution in [1.82, 2.24) is 9.47 Å². The minimum Gasteiger partial charge on any atom is -0.411 e. The van der Waals surface area contributed by atoms with Gasteiger partial charge < -0.3 is 19.4 Å². The number of hydrogen-bond acceptors (Lipinski definition) is 5. The molecule has 1 fully saturated rings. The predicted octanol–water partition coefficient (Wildman–Crippen LogP) is 4.05. The Labute approximate surface area is 207 Å². The molecular weight excluding hydrogens is 473 g/mol. The second kappa shape index (κ2) is 10.8. The molecule has 0 saturated carbocycles. The van der Waals surface area contributed by atoms with E-state index in [1.54, 1.807) is 54.5 Å². The molecule has 35 heavy (non-hydrogen) atoms. The van der Waals surface area contributed by atoms with Crippen molar-refractivity contribution >= 4 is 23.2 Å². The monoisotopic (exact) mass is 497 g/mol. The third kappa shape index (κ3) is 5.61. The number of amides is 1. The van der Waals surface area contributed by atoms with Gasteiger partial charge in [0.15, 0.2) is 0 Å². The zero-order valence-corrected chi connectivity index (χ0v) is 19.9. The Bertz CT molecular complexity index is 1320. The molecule has 0 aliphatic carbocycles. The van der Waals surface area contributed by atoms with E-state index in [-0.39, 0.29) is 28.6 Å². The molecule has 0 spiro atoms. The molecule has 1 unspecified atom stereocenters. The largest absolute Gasteiger partial charge is 0.411 e. The summed E-state index contributed by atoms with van der Waals surface area (Å²) < 4.78 is 21.8. The molecule has 2 heterocycles. The first-order valence-corrected chi connectivity index (χ1v) is 11.5. The molecule has 0 bridgehead atoms. The van der Waals surface area contributed by atoms with Crippen LogP contribution in [0.1, 0.15) is 39.4 Å². The van der Waals surface area contributed by atoms with Crippen LogP contribution in [0.3, 0.4) is 0 Å². The molecule has 1 aliphatic rings. The number of halogens is 2. The van der Waals surface area contributed by atoms with Crippen LogP contribution >= 0.6 is 11.6 Å². The molecule has 3 aromatic rings. The molecule has 9 heteroatoms. The van der Waals surface area contributed by atoms with Crippen LogP contribution in [0.15, 0.2) is 70.7 Å². The Morgan fingerprint density at radius 2 is 1.91 bits per heavy atom. The molecule has 1 aliphatic heterocycles. The van der Waals surface area contributed by atoms with Crippen LogP contribution in [0.5, 0.6) is 0 Å². The van der Waals surface area contributed by atoms with Crippen LogP contribution in [-0.4, -0.2) is 52.6 Å². The van der Waals surface area contributed by atoms with E-state index in [4.69, 9.17) is 16.3 Å². The molecule has 7 nitrogen and oxygen atoms in total. The van der Waals surface area contributed by atoms with E-state index in [2.05, 4.69) is 5.16 Å². The number of ether oxygens (including phenoxy) is 1. The summed E-state index contributed by atoms with van der Waals surface area (Å²) in [4.78, 5) is 26.6. The highest BCUT2D eigenvalue weighted by molar-refractivity contribution is 6.30. The maximum atomic E-state index is 15.1. The lowest BCUT2D eigenvalue weighted by atomic mass is 9.84. The molecule has 1 amide bonds. The number of rotatable bonds is 6. The van der Waals surface area contributed by atoms with Gasteiger partial charge in [-0.15, -0.1) is 0 Å². The normalized spacial score (nSPS) is 15.2. The van der Waals surface area contributed by atoms with Gasteiger partial charge in [0.25, 0.3) is 5.91 Å². The summed E-state index contributed by atoms with van der Waals surface area (Å²) in [6.45, 7) is 1.98. The van der Waals surface area contributed by atoms with Crippen molar-refractivity contribution < 1.29 is 19.1 Å². The molecule has 0 radical (unpaired) electrons. The number of aromatic nitrogens is 1. The van der Waals surface area contributed by atoms with Gasteiger partial charge in [-0.1, -0.05) is 35.0 Å². The van der Waals surface area contributed by atoms with E-state index in [1.165, 1.54) is 16.7 Å². The van der Waals surface area contributed by atoms with E-state index in [9.17, 15) is 14.8 Å². The summed E-state index contributed by atoms with van der Waals surface area (Å²) in [5, 5.41) is 13.5. The van der Waals surface area contributed by atoms with Crippen molar-refractivity contribution in [3.05, 3.63) is 104 Å². The number of aryl methyl sites for hydroxylation is 1. The van der Waals surface area contributed by atoms with Gasteiger partial charge in [-0.25, -0.2) is 4.39 Å². The number of nitrogens with zero attached hydrogens (tertiary/aromatic N) is 3. The van der Waals surface area contributed by atoms with Crippen LogP contribution in [0.4, 0.5) is 4.39 Å². The topological polar surface area (TPSA) is 84.1 Å². The standard InChI is InChI=1S/C26H25ClFN3O4/c1-30-16-19(5-8-25(30)32)24(29-34)15-22(21-7-6-20(27)14-23(21)28)17-3-2-4-18(13-17)26(33)31-9-11-35-12-10-31/h2-8,13-14,16,22,34H,9-12,15H2,1H3/b29-24-. The number of carbonyl (C=O) groups excluding carboxylic acids is 1. The predicted molar refractivity (Wildman–Crippen MR) is 131 cm³/mol. The average molecular weight is 498 g/mol. The molecule has 1 aromatic heterocycles. The summed E-state index contributed by atoms with van der Waals surface area (Å²) in [5.74, 6) is -1.22. The zero-order chi connectivity index (χ0) is 24.9. The van der Waals surface area contributed by atoms with Crippen molar-refractivity contribution in [1.29, 1.82) is 0 Å². The fourth-order valence-electron chi connectivity index (χ4n) is 4.20. The van der Waals surface area contributed by atoms with Crippen LogP contribution in [0.25, 0.3) is 0 Å². The summed E-state index contributed by atoms with van der Waals surface area (Å²) in [6, 6.07) is 14.4. The zero-order valence-electron chi connectivity index (χ0n) is 19.2. The number of benzene rings is 2. The summed E-state index contributed by atoms with van der Waals surface area (Å²) in [6.07, 6.45) is 1.67. The Balaban J connectivity index is 1.74. The maximum absolute atomic E-state index is 15.1. The van der Waals surface area contributed by atoms with Crippen molar-refractivity contribution in [2.45, 2.75) is 12.3 Å². The Hall–Kier alpha value is -3.49. The van der Waals surface area contributed by atoms with E-state index in [0.717, 1.165) is 0 Å². The number of pyridine rings is 1. The van der Waals surface area contributed by atoms with Crippen molar-refractivity contribution in [3.8, 4) is 0 Å². The highest BCUT2D eigenvalue weighted by Crippen LogP contribution is 2.33. The van der Waals surface area contributed by atoms with Gasteiger partial charge in [0.1, 0.15) is 5.82 Å². The SMILES string of the molecule is Cn1cc(/C(CC(c2cccc(C(=O)N3CCOCC3)c2)c2ccc(Cl)cc2F)=N\O)ccc1=O. The highest BCUT2D eigenvalue weighted by Gasteiger charge is 2.24. The van der Waals surface area contributed by atoms with Gasteiger partial charge in [0.2, 0.25) is 5.56 Å². The van der Waals surface area contributed by atoms with E-state index in [0.29, 0.717) is 48.6 Å². The first kappa shape index (κ1) is 24.6. The average Bonchev–Trinajstić information content (AvgIpc) is 2.87. The highest BCUT2D eigenvalue weighted by atomic mass is 35.5. The van der Waals surface area contributed by atoms with Gasteiger partial charge >= 0.3 is 0 Å². The minimum absolute atomic E-state index is 0.114. The van der Waals surface area contributed by atoms with Crippen molar-refractivity contribution in [2.75, 3.05) is 26.3 Å². The lowest BCUT2D eigenvalue weighted by Crippen LogP contribution is -2.40. The molecular formula is C26H25ClFN3O4. The Morgan fingerprint density at radius 1 is 1.14 bits per heavy atom. The van der Waals surface area contributed by atoms with Crippen LogP contribution < -0.4 is 5.56 Å². The number of carbonyl (C=O) groups is 1. The molecule has 4 rings (SSSR count). The Kier molecular flexibility index (Phi) is 7.63. The van der Waals surface area contributed by atoms with E-state index >= 15 is 4.39 Å². The summed E-state index contributed by atoms with van der Waals surface area (Å²) >= 11 is 5.99. The smallest absolute Gasteiger partial charge is 0.254 e. The summed E-state index contributed by atoms with van der Waals surface area (Å²) in [7, 11) is 1.60. The first-order valence-electron chi connectivity index (χ1n) is 11.2. The fraction of sp³-hybridized carbons (Fsp3) is 0.269. The second-order valence-electron chi connectivity index (χ2n) is 8.37. The number of morpholine rings is 1. The van der Waals surface area contributed by atoms with Gasteiger partial charge in [-0.3, -0.25) is 9.59 Å². The van der Waals surface area contributed by atoms with E-state index in [1.807, 2.05) is 6.07 Å². The van der Waals surface area contributed by atoms with Crippen molar-refractivity contribution in [3.63, 3.8) is 0 Å². The Morgan fingerprint density at radius 3 is 2.60 bits per heavy atom. The lowest BCUT2D eigenvalue weighted by molar-refractivity contribution is 0.0303. The van der Waals surface area contributed by atoms with Crippen molar-refractivity contribution in [2.24, 2.45) is 12.2 Å². The molecule has 182 valence electrons. The first-order chi connectivity index (χ1) is 16.9. The minimum atomic E-state index is -0.590. The van der Waals surface area contributed by atoms with Gasteiger partial charge in [0.05, 0.1) is 18.9 Å². The van der Waals surface area contributed by atoms with Crippen LogP contribution in [0, 0.1) is 5.82 Å². The third-order valence-corrected chi connectivity index (χ3v) is 6.34. The fourth-order valence-corrected chi connectivity index (χ4v) is 4.36. The molecule has 2 aromatic carbocycles. The van der Waals surface area contributed by atoms with Crippen LogP contribution in [-0.2, 0) is 11.8 Å². The molecule has 1 atom stereocenters. The third-order valence-electron chi connectivity index (χ3n) is 6.11. The number of oxime groups is 1. The maximum Gasteiger partial charge on any atom is 0.254 e. The van der Waals surface area contributed by atoms with Gasteiger partial charge in [0, 0.05) is 60.9 Å². The molecule has 1 N–H and O–H groups in total.